The summed E-state index contributed by atoms with van der Waals surface area (Å²) in [5.41, 5.74) is 5.78. The summed E-state index contributed by atoms with van der Waals surface area (Å²) in [5.74, 6) is -0.0891. The van der Waals surface area contributed by atoms with E-state index in [0.29, 0.717) is 0 Å². The number of nitrogens with zero attached hydrogens (tertiary/aromatic N) is 4. The van der Waals surface area contributed by atoms with Crippen molar-refractivity contribution in [3.8, 4) is 0 Å². The fraction of sp³-hybridized carbons (Fsp3) is 0.545. The van der Waals surface area contributed by atoms with Crippen LogP contribution in [0.5, 0.6) is 0 Å². The highest BCUT2D eigenvalue weighted by Crippen LogP contribution is 2.75. The van der Waals surface area contributed by atoms with E-state index in [2.05, 4.69) is 19.5 Å². The van der Waals surface area contributed by atoms with Crippen molar-refractivity contribution >= 4 is 51.4 Å². The number of anilines is 1. The van der Waals surface area contributed by atoms with Crippen molar-refractivity contribution in [3.63, 3.8) is 0 Å². The van der Waals surface area contributed by atoms with Crippen LogP contribution in [0.15, 0.2) is 6.33 Å². The van der Waals surface area contributed by atoms with Crippen molar-refractivity contribution < 1.29 is 57.6 Å². The molecule has 32 heavy (non-hydrogen) atoms. The van der Waals surface area contributed by atoms with Crippen molar-refractivity contribution in [1.82, 2.24) is 19.5 Å². The van der Waals surface area contributed by atoms with E-state index in [-0.39, 0.29) is 22.3 Å². The van der Waals surface area contributed by atoms with Gasteiger partial charge >= 0.3 is 22.8 Å². The Morgan fingerprint density at radius 1 is 1.12 bits per heavy atom. The average molecular weight is 540 g/mol. The van der Waals surface area contributed by atoms with E-state index < -0.39 is 59.1 Å². The number of fused-ring (bicyclic) bond motifs is 1. The lowest BCUT2D eigenvalue weighted by molar-refractivity contribution is -0.0484. The topological polar surface area (TPSA) is 281 Å². The zero-order chi connectivity index (χ0) is 24.2. The summed E-state index contributed by atoms with van der Waals surface area (Å²) in [6, 6.07) is 0. The van der Waals surface area contributed by atoms with Crippen LogP contribution < -0.4 is 5.73 Å². The highest BCUT2D eigenvalue weighted by atomic mass is 35.5. The van der Waals surface area contributed by atoms with Crippen LogP contribution in [0.25, 0.3) is 11.2 Å². The number of ether oxygens (including phenoxy) is 1. The van der Waals surface area contributed by atoms with Gasteiger partial charge in [0.1, 0.15) is 23.8 Å². The minimum absolute atomic E-state index is 0.0104. The quantitative estimate of drug-likeness (QED) is 0.147. The minimum atomic E-state index is -5.80. The van der Waals surface area contributed by atoms with Crippen molar-refractivity contribution in [2.45, 2.75) is 29.7 Å². The fourth-order valence-electron chi connectivity index (χ4n) is 3.02. The molecule has 0 spiro atoms. The largest absolute Gasteiger partial charge is 0.387 e. The lowest BCUT2D eigenvalue weighted by atomic mass is 10.1. The van der Waals surface area contributed by atoms with Crippen LogP contribution >= 0.6 is 34.4 Å². The molecule has 0 saturated carbocycles. The van der Waals surface area contributed by atoms with Crippen LogP contribution in [0.4, 0.5) is 5.82 Å². The Balaban J connectivity index is 1.83. The molecule has 1 aliphatic rings. The summed E-state index contributed by atoms with van der Waals surface area (Å²) in [4.78, 5) is 57.7. The molecule has 0 radical (unpaired) electrons. The number of hydrogen-bond donors (Lipinski definition) is 8. The highest BCUT2D eigenvalue weighted by Gasteiger charge is 2.57. The number of imidazole rings is 1. The standard InChI is InChI=1S/C11H17ClN5O12P3/c12-10-15-7(13)4-8(16-10)17(2-14-4)9-6(19)5(18)3(29-9)1-28-32(26,27)11(30(20,21)22)31(23,24)25/h2-3,5-6,9,11,18-19H,1H2,(H,26,27)(H2,13,15,16)(H2,20,21,22)(H2,23,24,25)/t3-,5-,6-,9-/m1/s1. The third-order valence-electron chi connectivity index (χ3n) is 4.35. The van der Waals surface area contributed by atoms with E-state index in [9.17, 15) is 28.8 Å². The normalized spacial score (nSPS) is 26.7. The summed E-state index contributed by atoms with van der Waals surface area (Å²) in [6.07, 6.45) is -5.29. The highest BCUT2D eigenvalue weighted by molar-refractivity contribution is 7.87. The number of aromatic nitrogens is 4. The summed E-state index contributed by atoms with van der Waals surface area (Å²) in [6.45, 7) is -1.08. The molecule has 5 atom stereocenters. The van der Waals surface area contributed by atoms with E-state index in [1.54, 1.807) is 0 Å². The van der Waals surface area contributed by atoms with Crippen molar-refractivity contribution in [2.24, 2.45) is 0 Å². The number of nitrogens with two attached hydrogens (primary N) is 1. The van der Waals surface area contributed by atoms with Gasteiger partial charge in [-0.25, -0.2) is 4.98 Å². The summed E-state index contributed by atoms with van der Waals surface area (Å²) >= 11 is 5.75. The zero-order valence-corrected chi connectivity index (χ0v) is 18.9. The summed E-state index contributed by atoms with van der Waals surface area (Å²) < 4.78 is 45.9. The van der Waals surface area contributed by atoms with Gasteiger partial charge in [0.15, 0.2) is 17.7 Å². The van der Waals surface area contributed by atoms with Crippen LogP contribution in [0, 0.1) is 0 Å². The fourth-order valence-corrected chi connectivity index (χ4v) is 8.69. The second-order valence-electron chi connectivity index (χ2n) is 6.63. The predicted molar refractivity (Wildman–Crippen MR) is 104 cm³/mol. The van der Waals surface area contributed by atoms with Crippen LogP contribution in [-0.2, 0) is 23.0 Å². The molecule has 2 aromatic rings. The van der Waals surface area contributed by atoms with Gasteiger partial charge in [-0.05, 0) is 11.6 Å². The molecule has 3 rings (SSSR count). The number of aliphatic hydroxyl groups excluding tert-OH is 2. The molecule has 21 heteroatoms. The Labute approximate surface area is 182 Å². The SMILES string of the molecule is Nc1nc(Cl)nc2c1ncn2[C@@H]1O[C@H](COP(=O)(O)C(P(=O)(O)O)P(=O)(O)O)[C@@H](O)[C@H]1O. The first-order valence-electron chi connectivity index (χ1n) is 8.28. The molecule has 2 aromatic heterocycles. The van der Waals surface area contributed by atoms with Gasteiger partial charge in [-0.2, -0.15) is 9.97 Å². The molecular weight excluding hydrogens is 523 g/mol. The van der Waals surface area contributed by atoms with Gasteiger partial charge in [0.25, 0.3) is 5.14 Å². The maximum absolute atomic E-state index is 12.2. The van der Waals surface area contributed by atoms with Crippen LogP contribution in [0.3, 0.4) is 0 Å². The smallest absolute Gasteiger partial charge is 0.355 e. The average Bonchev–Trinajstić information content (AvgIpc) is 3.12. The second-order valence-corrected chi connectivity index (χ2v) is 13.5. The molecule has 0 bridgehead atoms. The molecule has 1 saturated heterocycles. The molecular formula is C11H17ClN5O12P3. The Morgan fingerprint density at radius 3 is 2.28 bits per heavy atom. The zero-order valence-electron chi connectivity index (χ0n) is 15.4. The lowest BCUT2D eigenvalue weighted by Crippen LogP contribution is -2.34. The number of halogens is 1. The molecule has 1 aliphatic heterocycles. The van der Waals surface area contributed by atoms with Crippen molar-refractivity contribution in [1.29, 1.82) is 0 Å². The van der Waals surface area contributed by atoms with Crippen molar-refractivity contribution in [3.05, 3.63) is 11.6 Å². The third-order valence-corrected chi connectivity index (χ3v) is 12.2. The first-order chi connectivity index (χ1) is 14.5. The molecule has 3 heterocycles. The van der Waals surface area contributed by atoms with Gasteiger partial charge in [0, 0.05) is 0 Å². The van der Waals surface area contributed by atoms with E-state index in [1.807, 2.05) is 0 Å². The number of rotatable bonds is 7. The van der Waals surface area contributed by atoms with E-state index in [4.69, 9.17) is 41.6 Å². The summed E-state index contributed by atoms with van der Waals surface area (Å²) in [7, 11) is -17.3. The monoisotopic (exact) mass is 539 g/mol. The van der Waals surface area contributed by atoms with Gasteiger partial charge in [-0.3, -0.25) is 18.3 Å². The molecule has 1 fully saturated rings. The van der Waals surface area contributed by atoms with Gasteiger partial charge in [0.2, 0.25) is 5.28 Å². The Kier molecular flexibility index (Phi) is 6.91. The maximum atomic E-state index is 12.2. The van der Waals surface area contributed by atoms with Gasteiger partial charge < -0.3 is 49.7 Å². The van der Waals surface area contributed by atoms with Gasteiger partial charge in [0.05, 0.1) is 12.9 Å². The summed E-state index contributed by atoms with van der Waals surface area (Å²) in [5, 5.41) is 16.9. The predicted octanol–water partition coefficient (Wildman–Crippen LogP) is -1.48. The van der Waals surface area contributed by atoms with E-state index >= 15 is 0 Å². The number of nitrogen functional groups attached to an aromatic ring is 1. The first-order valence-corrected chi connectivity index (χ1v) is 13.7. The van der Waals surface area contributed by atoms with Crippen LogP contribution in [0.1, 0.15) is 6.23 Å². The Hall–Kier alpha value is -1.03. The third kappa shape index (κ3) is 4.91. The molecule has 0 aromatic carbocycles. The molecule has 1 unspecified atom stereocenters. The molecule has 9 N–H and O–H groups in total. The molecule has 180 valence electrons. The first kappa shape index (κ1) is 25.6. The molecule has 0 aliphatic carbocycles. The minimum Gasteiger partial charge on any atom is -0.387 e. The molecule has 17 nitrogen and oxygen atoms in total. The van der Waals surface area contributed by atoms with Crippen molar-refractivity contribution in [2.75, 3.05) is 12.3 Å². The van der Waals surface area contributed by atoms with Crippen LogP contribution in [-0.4, -0.2) is 84.3 Å². The maximum Gasteiger partial charge on any atom is 0.355 e. The lowest BCUT2D eigenvalue weighted by Gasteiger charge is -2.25. The Bertz CT molecular complexity index is 1140. The van der Waals surface area contributed by atoms with Gasteiger partial charge in [-0.1, -0.05) is 0 Å². The van der Waals surface area contributed by atoms with E-state index in [1.165, 1.54) is 0 Å². The number of hydrogen-bond acceptors (Lipinski definition) is 11. The van der Waals surface area contributed by atoms with E-state index in [0.717, 1.165) is 10.9 Å². The van der Waals surface area contributed by atoms with Gasteiger partial charge in [-0.15, -0.1) is 0 Å². The molecule has 0 amide bonds. The Morgan fingerprint density at radius 2 is 1.72 bits per heavy atom. The second kappa shape index (κ2) is 8.64. The van der Waals surface area contributed by atoms with Crippen LogP contribution in [0.2, 0.25) is 5.28 Å². The number of aliphatic hydroxyl groups is 2.